The van der Waals surface area contributed by atoms with Crippen LogP contribution >= 0.6 is 50.9 Å². The van der Waals surface area contributed by atoms with Gasteiger partial charge in [0.05, 0.1) is 40.2 Å². The minimum absolute atomic E-state index is 0.0255. The zero-order valence-corrected chi connectivity index (χ0v) is 22.7. The van der Waals surface area contributed by atoms with E-state index < -0.39 is 11.1 Å². The van der Waals surface area contributed by atoms with Crippen LogP contribution in [0, 0.1) is 11.3 Å². The van der Waals surface area contributed by atoms with Gasteiger partial charge in [0, 0.05) is 4.47 Å². The van der Waals surface area contributed by atoms with Crippen LogP contribution in [0.5, 0.6) is 11.5 Å². The second-order valence-electron chi connectivity index (χ2n) is 7.60. The third-order valence-corrected chi connectivity index (χ3v) is 7.62. The SMILES string of the molecule is COc1cc(/C=C2/SC(=O)N(Cc3ccccc3C#N)C2=O)c(Br)cc1OCc1ccc(Cl)c(Cl)c1. The highest BCUT2D eigenvalue weighted by Crippen LogP contribution is 2.39. The van der Waals surface area contributed by atoms with E-state index in [2.05, 4.69) is 22.0 Å². The largest absolute Gasteiger partial charge is 0.493 e. The van der Waals surface area contributed by atoms with Gasteiger partial charge in [-0.05, 0) is 64.9 Å². The predicted octanol–water partition coefficient (Wildman–Crippen LogP) is 7.45. The molecule has 0 unspecified atom stereocenters. The van der Waals surface area contributed by atoms with Crippen molar-refractivity contribution in [3.05, 3.63) is 96.3 Å². The summed E-state index contributed by atoms with van der Waals surface area (Å²) in [6, 6.07) is 17.7. The van der Waals surface area contributed by atoms with Crippen LogP contribution in [0.2, 0.25) is 10.0 Å². The Morgan fingerprint density at radius 1 is 1.08 bits per heavy atom. The quantitative estimate of drug-likeness (QED) is 0.261. The minimum atomic E-state index is -0.427. The molecule has 2 amide bonds. The van der Waals surface area contributed by atoms with Gasteiger partial charge in [-0.1, -0.05) is 63.4 Å². The van der Waals surface area contributed by atoms with Gasteiger partial charge in [0.25, 0.3) is 11.1 Å². The lowest BCUT2D eigenvalue weighted by Gasteiger charge is -2.14. The maximum Gasteiger partial charge on any atom is 0.293 e. The fraction of sp³-hybridized carbons (Fsp3) is 0.115. The van der Waals surface area contributed by atoms with Crippen molar-refractivity contribution >= 4 is 68.1 Å². The lowest BCUT2D eigenvalue weighted by atomic mass is 10.1. The molecule has 0 aliphatic carbocycles. The van der Waals surface area contributed by atoms with Crippen molar-refractivity contribution in [2.45, 2.75) is 13.2 Å². The molecule has 36 heavy (non-hydrogen) atoms. The summed E-state index contributed by atoms with van der Waals surface area (Å²) in [6.45, 7) is 0.264. The first kappa shape index (κ1) is 26.1. The van der Waals surface area contributed by atoms with Gasteiger partial charge in [-0.2, -0.15) is 5.26 Å². The van der Waals surface area contributed by atoms with E-state index in [0.29, 0.717) is 42.7 Å². The maximum absolute atomic E-state index is 13.0. The molecule has 0 radical (unpaired) electrons. The van der Waals surface area contributed by atoms with Crippen molar-refractivity contribution in [3.8, 4) is 17.6 Å². The van der Waals surface area contributed by atoms with Crippen LogP contribution in [0.4, 0.5) is 4.79 Å². The number of benzene rings is 3. The first-order valence-electron chi connectivity index (χ1n) is 10.5. The number of hydrogen-bond donors (Lipinski definition) is 0. The van der Waals surface area contributed by atoms with E-state index in [4.69, 9.17) is 32.7 Å². The lowest BCUT2D eigenvalue weighted by molar-refractivity contribution is -0.123. The Hall–Kier alpha value is -2.96. The molecule has 0 spiro atoms. The summed E-state index contributed by atoms with van der Waals surface area (Å²) in [4.78, 5) is 27.0. The molecule has 182 valence electrons. The molecule has 3 aromatic rings. The zero-order valence-electron chi connectivity index (χ0n) is 18.8. The van der Waals surface area contributed by atoms with Gasteiger partial charge >= 0.3 is 0 Å². The standard InChI is InChI=1S/C26H17BrCl2N2O4S/c1-34-22-9-18(19(27)11-23(22)35-14-15-6-7-20(28)21(29)8-15)10-24-25(32)31(26(33)36-24)13-17-5-3-2-4-16(17)12-30/h2-11H,13-14H2,1H3/b24-10+. The van der Waals surface area contributed by atoms with Crippen LogP contribution < -0.4 is 9.47 Å². The van der Waals surface area contributed by atoms with Gasteiger partial charge in [-0.25, -0.2) is 0 Å². The van der Waals surface area contributed by atoms with Crippen LogP contribution in [0.15, 0.2) is 64.0 Å². The average Bonchev–Trinajstić information content (AvgIpc) is 3.13. The van der Waals surface area contributed by atoms with Gasteiger partial charge in [0.15, 0.2) is 11.5 Å². The van der Waals surface area contributed by atoms with Crippen LogP contribution in [-0.2, 0) is 17.9 Å². The summed E-state index contributed by atoms with van der Waals surface area (Å²) in [5, 5.41) is 9.80. The molecule has 10 heteroatoms. The number of nitrogens with zero attached hydrogens (tertiary/aromatic N) is 2. The molecule has 0 aromatic heterocycles. The van der Waals surface area contributed by atoms with Gasteiger partial charge in [0.1, 0.15) is 6.61 Å². The smallest absolute Gasteiger partial charge is 0.293 e. The van der Waals surface area contributed by atoms with E-state index in [0.717, 1.165) is 22.2 Å². The summed E-state index contributed by atoms with van der Waals surface area (Å²) in [6.07, 6.45) is 1.62. The minimum Gasteiger partial charge on any atom is -0.493 e. The number of carbonyl (C=O) groups is 2. The van der Waals surface area contributed by atoms with Crippen LogP contribution in [0.25, 0.3) is 6.08 Å². The second-order valence-corrected chi connectivity index (χ2v) is 10.3. The monoisotopic (exact) mass is 602 g/mol. The Kier molecular flexibility index (Phi) is 8.27. The number of hydrogen-bond acceptors (Lipinski definition) is 6. The van der Waals surface area contributed by atoms with E-state index in [-0.39, 0.29) is 18.1 Å². The summed E-state index contributed by atoms with van der Waals surface area (Å²) in [5.41, 5.74) is 2.49. The van der Waals surface area contributed by atoms with Crippen LogP contribution in [0.3, 0.4) is 0 Å². The molecule has 3 aromatic carbocycles. The molecular formula is C26H17BrCl2N2O4S. The molecule has 1 saturated heterocycles. The van der Waals surface area contributed by atoms with E-state index in [1.54, 1.807) is 54.6 Å². The summed E-state index contributed by atoms with van der Waals surface area (Å²) >= 11 is 16.4. The number of amides is 2. The maximum atomic E-state index is 13.0. The molecule has 0 atom stereocenters. The van der Waals surface area contributed by atoms with Crippen molar-refractivity contribution in [2.75, 3.05) is 7.11 Å². The number of rotatable bonds is 7. The number of thioether (sulfide) groups is 1. The first-order chi connectivity index (χ1) is 17.3. The van der Waals surface area contributed by atoms with Crippen LogP contribution in [-0.4, -0.2) is 23.2 Å². The van der Waals surface area contributed by atoms with E-state index in [1.165, 1.54) is 7.11 Å². The molecular weight excluding hydrogens is 587 g/mol. The number of carbonyl (C=O) groups excluding carboxylic acids is 2. The number of halogens is 3. The molecule has 1 aliphatic rings. The Bertz CT molecular complexity index is 1440. The summed E-state index contributed by atoms with van der Waals surface area (Å²) in [5.74, 6) is 0.504. The highest BCUT2D eigenvalue weighted by atomic mass is 79.9. The van der Waals surface area contributed by atoms with Gasteiger partial charge in [0.2, 0.25) is 0 Å². The number of ether oxygens (including phenoxy) is 2. The van der Waals surface area contributed by atoms with Crippen molar-refractivity contribution < 1.29 is 19.1 Å². The molecule has 6 nitrogen and oxygen atoms in total. The van der Waals surface area contributed by atoms with Crippen molar-refractivity contribution in [1.82, 2.24) is 4.90 Å². The van der Waals surface area contributed by atoms with Gasteiger partial charge in [-0.3, -0.25) is 14.5 Å². The molecule has 0 bridgehead atoms. The van der Waals surface area contributed by atoms with Gasteiger partial charge in [-0.15, -0.1) is 0 Å². The molecule has 0 N–H and O–H groups in total. The molecule has 1 aliphatic heterocycles. The molecule has 0 saturated carbocycles. The Labute approximate surface area is 230 Å². The predicted molar refractivity (Wildman–Crippen MR) is 144 cm³/mol. The number of methoxy groups -OCH3 is 1. The third-order valence-electron chi connectivity index (χ3n) is 5.29. The Balaban J connectivity index is 1.54. The lowest BCUT2D eigenvalue weighted by Crippen LogP contribution is -2.27. The first-order valence-corrected chi connectivity index (χ1v) is 12.8. The van der Waals surface area contributed by atoms with E-state index in [1.807, 2.05) is 6.07 Å². The third kappa shape index (κ3) is 5.71. The highest BCUT2D eigenvalue weighted by Gasteiger charge is 2.35. The summed E-state index contributed by atoms with van der Waals surface area (Å²) in [7, 11) is 1.51. The van der Waals surface area contributed by atoms with E-state index >= 15 is 0 Å². The van der Waals surface area contributed by atoms with Crippen molar-refractivity contribution in [2.24, 2.45) is 0 Å². The van der Waals surface area contributed by atoms with Crippen LogP contribution in [0.1, 0.15) is 22.3 Å². The van der Waals surface area contributed by atoms with Gasteiger partial charge < -0.3 is 9.47 Å². The van der Waals surface area contributed by atoms with Crippen molar-refractivity contribution in [1.29, 1.82) is 5.26 Å². The highest BCUT2D eigenvalue weighted by molar-refractivity contribution is 9.10. The fourth-order valence-electron chi connectivity index (χ4n) is 3.44. The Morgan fingerprint density at radius 2 is 1.86 bits per heavy atom. The topological polar surface area (TPSA) is 79.6 Å². The van der Waals surface area contributed by atoms with Crippen molar-refractivity contribution in [3.63, 3.8) is 0 Å². The zero-order chi connectivity index (χ0) is 25.8. The normalized spacial score (nSPS) is 14.3. The summed E-state index contributed by atoms with van der Waals surface area (Å²) < 4.78 is 12.1. The fourth-order valence-corrected chi connectivity index (χ4v) is 5.03. The second kappa shape index (κ2) is 11.4. The number of nitriles is 1. The number of imide groups is 1. The molecule has 4 rings (SSSR count). The Morgan fingerprint density at radius 3 is 2.58 bits per heavy atom. The molecule has 1 fully saturated rings. The average molecular weight is 604 g/mol. The van der Waals surface area contributed by atoms with E-state index in [9.17, 15) is 14.9 Å². The molecule has 1 heterocycles.